The molecule has 1 amide bonds. The summed E-state index contributed by atoms with van der Waals surface area (Å²) in [6.07, 6.45) is 4.69. The van der Waals surface area contributed by atoms with Crippen molar-refractivity contribution in [2.75, 3.05) is 0 Å². The predicted molar refractivity (Wildman–Crippen MR) is 89.9 cm³/mol. The number of fused-ring (bicyclic) bond motifs is 1. The monoisotopic (exact) mass is 333 g/mol. The van der Waals surface area contributed by atoms with Crippen LogP contribution in [0, 0.1) is 12.8 Å². The van der Waals surface area contributed by atoms with Crippen molar-refractivity contribution in [3.63, 3.8) is 0 Å². The minimum atomic E-state index is -0.898. The zero-order chi connectivity index (χ0) is 17.6. The smallest absolute Gasteiger partial charge is 0.326 e. The summed E-state index contributed by atoms with van der Waals surface area (Å²) in [6, 6.07) is 1.11. The number of hydrogen-bond donors (Lipinski definition) is 1. The lowest BCUT2D eigenvalue weighted by Crippen LogP contribution is -2.46. The van der Waals surface area contributed by atoms with Crippen LogP contribution in [0.25, 0.3) is 0 Å². The zero-order valence-electron chi connectivity index (χ0n) is 15.0. The minimum absolute atomic E-state index is 0.0486. The van der Waals surface area contributed by atoms with Crippen molar-refractivity contribution in [1.82, 2.24) is 14.7 Å². The molecule has 0 aromatic carbocycles. The molecule has 2 heterocycles. The third-order valence-corrected chi connectivity index (χ3v) is 5.35. The summed E-state index contributed by atoms with van der Waals surface area (Å²) in [6.45, 7) is 8.04. The Labute approximate surface area is 142 Å². The Morgan fingerprint density at radius 3 is 2.50 bits per heavy atom. The number of nitrogens with zero attached hydrogens (tertiary/aromatic N) is 3. The van der Waals surface area contributed by atoms with E-state index in [4.69, 9.17) is 0 Å². The Balaban J connectivity index is 1.93. The molecule has 2 fully saturated rings. The molecular weight excluding hydrogens is 306 g/mol. The number of carboxylic acid groups (broad SMARTS) is 1. The standard InChI is InChI=1S/C18H27N3O3/c1-11-9-13(19-21(11)18(2,3)4)16(22)20-14-8-6-5-7-12(14)10-15(20)17(23)24/h9,12,14-15H,5-8,10H2,1-4H3,(H,23,24)/t12-,14-,15+/m1/s1. The number of carboxylic acids is 1. The molecule has 1 saturated carbocycles. The predicted octanol–water partition coefficient (Wildman–Crippen LogP) is 2.80. The number of rotatable bonds is 2. The van der Waals surface area contributed by atoms with E-state index < -0.39 is 12.0 Å². The second kappa shape index (κ2) is 5.90. The Morgan fingerprint density at radius 1 is 1.25 bits per heavy atom. The van der Waals surface area contributed by atoms with E-state index >= 15 is 0 Å². The molecule has 1 aromatic heterocycles. The Hall–Kier alpha value is -1.85. The number of amides is 1. The second-order valence-electron chi connectivity index (χ2n) is 8.17. The summed E-state index contributed by atoms with van der Waals surface area (Å²) in [7, 11) is 0. The molecule has 3 atom stereocenters. The largest absolute Gasteiger partial charge is 0.480 e. The van der Waals surface area contributed by atoms with Crippen molar-refractivity contribution in [2.45, 2.75) is 77.4 Å². The van der Waals surface area contributed by atoms with Gasteiger partial charge in [0, 0.05) is 11.7 Å². The van der Waals surface area contributed by atoms with Gasteiger partial charge in [-0.15, -0.1) is 0 Å². The molecule has 1 aliphatic carbocycles. The van der Waals surface area contributed by atoms with Crippen LogP contribution in [-0.4, -0.2) is 43.7 Å². The van der Waals surface area contributed by atoms with Gasteiger partial charge in [-0.25, -0.2) is 4.79 Å². The Morgan fingerprint density at radius 2 is 1.92 bits per heavy atom. The molecule has 0 spiro atoms. The third kappa shape index (κ3) is 2.82. The lowest BCUT2D eigenvalue weighted by Gasteiger charge is -2.32. The molecule has 1 N–H and O–H groups in total. The molecule has 1 aliphatic heterocycles. The molecule has 2 aliphatic rings. The first-order valence-corrected chi connectivity index (χ1v) is 8.83. The molecule has 1 aromatic rings. The minimum Gasteiger partial charge on any atom is -0.480 e. The first-order chi connectivity index (χ1) is 11.2. The van der Waals surface area contributed by atoms with E-state index in [2.05, 4.69) is 5.10 Å². The van der Waals surface area contributed by atoms with Crippen LogP contribution in [-0.2, 0) is 10.3 Å². The van der Waals surface area contributed by atoms with E-state index in [1.165, 1.54) is 0 Å². The quantitative estimate of drug-likeness (QED) is 0.903. The van der Waals surface area contributed by atoms with Crippen LogP contribution in [0.4, 0.5) is 0 Å². The highest BCUT2D eigenvalue weighted by Crippen LogP contribution is 2.40. The maximum atomic E-state index is 13.1. The molecule has 6 nitrogen and oxygen atoms in total. The van der Waals surface area contributed by atoms with Crippen LogP contribution in [0.1, 0.15) is 69.1 Å². The number of carbonyl (C=O) groups is 2. The molecule has 132 valence electrons. The number of hydrogen-bond acceptors (Lipinski definition) is 3. The van der Waals surface area contributed by atoms with E-state index in [0.29, 0.717) is 18.0 Å². The Kier molecular flexibility index (Phi) is 4.18. The summed E-state index contributed by atoms with van der Waals surface area (Å²) in [5, 5.41) is 14.1. The van der Waals surface area contributed by atoms with Gasteiger partial charge in [-0.05, 0) is 58.9 Å². The van der Waals surface area contributed by atoms with Crippen molar-refractivity contribution >= 4 is 11.9 Å². The van der Waals surface area contributed by atoms with Crippen molar-refractivity contribution in [2.24, 2.45) is 5.92 Å². The maximum Gasteiger partial charge on any atom is 0.326 e. The van der Waals surface area contributed by atoms with Gasteiger partial charge in [0.1, 0.15) is 6.04 Å². The summed E-state index contributed by atoms with van der Waals surface area (Å²) in [4.78, 5) is 26.4. The molecule has 3 rings (SSSR count). The topological polar surface area (TPSA) is 75.4 Å². The average molecular weight is 333 g/mol. The number of carbonyl (C=O) groups excluding carboxylic acids is 1. The third-order valence-electron chi connectivity index (χ3n) is 5.35. The van der Waals surface area contributed by atoms with Gasteiger partial charge in [-0.1, -0.05) is 12.8 Å². The fraction of sp³-hybridized carbons (Fsp3) is 0.722. The van der Waals surface area contributed by atoms with Crippen LogP contribution in [0.2, 0.25) is 0 Å². The lowest BCUT2D eigenvalue weighted by atomic mass is 9.84. The van der Waals surface area contributed by atoms with E-state index in [-0.39, 0.29) is 17.5 Å². The summed E-state index contributed by atoms with van der Waals surface area (Å²) in [5.74, 6) is -0.817. The molecule has 0 radical (unpaired) electrons. The highest BCUT2D eigenvalue weighted by Gasteiger charge is 2.48. The summed E-state index contributed by atoms with van der Waals surface area (Å²) < 4.78 is 1.84. The van der Waals surface area contributed by atoms with Crippen molar-refractivity contribution in [1.29, 1.82) is 0 Å². The van der Waals surface area contributed by atoms with Crippen molar-refractivity contribution < 1.29 is 14.7 Å². The van der Waals surface area contributed by atoms with Crippen LogP contribution in [0.5, 0.6) is 0 Å². The van der Waals surface area contributed by atoms with Crippen LogP contribution in [0.15, 0.2) is 6.07 Å². The summed E-state index contributed by atoms with van der Waals surface area (Å²) in [5.41, 5.74) is 1.06. The molecule has 24 heavy (non-hydrogen) atoms. The average Bonchev–Trinajstić information content (AvgIpc) is 3.07. The van der Waals surface area contributed by atoms with Crippen LogP contribution >= 0.6 is 0 Å². The summed E-state index contributed by atoms with van der Waals surface area (Å²) >= 11 is 0. The van der Waals surface area contributed by atoms with E-state index in [1.54, 1.807) is 11.0 Å². The van der Waals surface area contributed by atoms with Crippen molar-refractivity contribution in [3.05, 3.63) is 17.5 Å². The van der Waals surface area contributed by atoms with E-state index in [9.17, 15) is 14.7 Å². The molecule has 6 heteroatoms. The highest BCUT2D eigenvalue weighted by molar-refractivity contribution is 5.95. The molecule has 1 saturated heterocycles. The van der Waals surface area contributed by atoms with Gasteiger partial charge in [0.15, 0.2) is 5.69 Å². The van der Waals surface area contributed by atoms with Gasteiger partial charge < -0.3 is 10.0 Å². The van der Waals surface area contributed by atoms with Gasteiger partial charge in [-0.2, -0.15) is 5.10 Å². The van der Waals surface area contributed by atoms with Gasteiger partial charge in [-0.3, -0.25) is 9.48 Å². The normalized spacial score (nSPS) is 27.2. The van der Waals surface area contributed by atoms with Gasteiger partial charge in [0.25, 0.3) is 5.91 Å². The van der Waals surface area contributed by atoms with E-state index in [0.717, 1.165) is 31.4 Å². The number of aliphatic carboxylic acids is 1. The molecular formula is C18H27N3O3. The van der Waals surface area contributed by atoms with Gasteiger partial charge in [0.05, 0.1) is 5.54 Å². The Bertz CT molecular complexity index is 659. The first kappa shape index (κ1) is 17.0. The highest BCUT2D eigenvalue weighted by atomic mass is 16.4. The van der Waals surface area contributed by atoms with Crippen molar-refractivity contribution in [3.8, 4) is 0 Å². The van der Waals surface area contributed by atoms with Gasteiger partial charge in [0.2, 0.25) is 0 Å². The second-order valence-corrected chi connectivity index (χ2v) is 8.17. The molecule has 0 bridgehead atoms. The maximum absolute atomic E-state index is 13.1. The van der Waals surface area contributed by atoms with Gasteiger partial charge >= 0.3 is 5.97 Å². The zero-order valence-corrected chi connectivity index (χ0v) is 15.0. The van der Waals surface area contributed by atoms with Crippen LogP contribution in [0.3, 0.4) is 0 Å². The van der Waals surface area contributed by atoms with Crippen LogP contribution < -0.4 is 0 Å². The fourth-order valence-electron chi connectivity index (χ4n) is 4.36. The first-order valence-electron chi connectivity index (χ1n) is 8.83. The number of likely N-dealkylation sites (tertiary alicyclic amines) is 1. The molecule has 0 unspecified atom stereocenters. The lowest BCUT2D eigenvalue weighted by molar-refractivity contribution is -0.141. The number of aromatic nitrogens is 2. The van der Waals surface area contributed by atoms with E-state index in [1.807, 2.05) is 32.4 Å². The number of aryl methyl sites for hydroxylation is 1. The SMILES string of the molecule is Cc1cc(C(=O)N2[C@@H]3CCCC[C@@H]3C[C@H]2C(=O)O)nn1C(C)(C)C. The fourth-order valence-corrected chi connectivity index (χ4v) is 4.36.